The molecule has 0 saturated heterocycles. The van der Waals surface area contributed by atoms with Crippen molar-refractivity contribution in [1.29, 1.82) is 0 Å². The molecule has 0 heterocycles. The number of hydrogen-bond donors (Lipinski definition) is 3. The average molecular weight is 250 g/mol. The first kappa shape index (κ1) is 17.9. The number of rotatable bonds is 7. The molecule has 0 spiro atoms. The van der Waals surface area contributed by atoms with Crippen LogP contribution < -0.4 is 0 Å². The number of carboxylic acids is 1. The minimum Gasteiger partial charge on any atom is -0.478 e. The lowest BCUT2D eigenvalue weighted by Gasteiger charge is -1.94. The van der Waals surface area contributed by atoms with Crippen molar-refractivity contribution < 1.29 is 34.4 Å². The fourth-order valence-corrected chi connectivity index (χ4v) is 0.561. The number of hydrogen-bond acceptors (Lipinski definition) is 6. The van der Waals surface area contributed by atoms with Gasteiger partial charge >= 0.3 is 11.9 Å². The number of aliphatic carboxylic acids is 1. The van der Waals surface area contributed by atoms with Gasteiger partial charge in [0, 0.05) is 12.2 Å². The molecular formula is C10H18O7. The van der Waals surface area contributed by atoms with E-state index in [4.69, 9.17) is 15.3 Å². The summed E-state index contributed by atoms with van der Waals surface area (Å²) in [6.45, 7) is 2.59. The van der Waals surface area contributed by atoms with Crippen molar-refractivity contribution in [3.05, 3.63) is 12.2 Å². The Bertz CT molecular complexity index is 221. The summed E-state index contributed by atoms with van der Waals surface area (Å²) < 4.78 is 9.04. The van der Waals surface area contributed by atoms with Crippen molar-refractivity contribution in [2.45, 2.75) is 6.92 Å². The Kier molecular flexibility index (Phi) is 15.4. The lowest BCUT2D eigenvalue weighted by atomic mass is 10.5. The fraction of sp³-hybridized carbons (Fsp3) is 0.600. The third kappa shape index (κ3) is 20.6. The van der Waals surface area contributed by atoms with Crippen LogP contribution in [0.4, 0.5) is 0 Å². The van der Waals surface area contributed by atoms with Crippen molar-refractivity contribution in [3.63, 3.8) is 0 Å². The smallest absolute Gasteiger partial charge is 0.330 e. The van der Waals surface area contributed by atoms with Gasteiger partial charge in [0.25, 0.3) is 0 Å². The van der Waals surface area contributed by atoms with Crippen LogP contribution >= 0.6 is 0 Å². The molecule has 3 N–H and O–H groups in total. The summed E-state index contributed by atoms with van der Waals surface area (Å²) in [5.41, 5.74) is 0. The normalized spacial score (nSPS) is 9.59. The molecule has 0 aliphatic carbocycles. The lowest BCUT2D eigenvalue weighted by Crippen LogP contribution is -2.03. The Morgan fingerprint density at radius 3 is 2.00 bits per heavy atom. The van der Waals surface area contributed by atoms with Crippen LogP contribution in [0.2, 0.25) is 0 Å². The van der Waals surface area contributed by atoms with Crippen LogP contribution in [0.5, 0.6) is 0 Å². The molecule has 0 amide bonds. The van der Waals surface area contributed by atoms with Crippen molar-refractivity contribution in [3.8, 4) is 0 Å². The number of aliphatic hydroxyl groups excluding tert-OH is 2. The van der Waals surface area contributed by atoms with Gasteiger partial charge in [-0.25, -0.2) is 9.59 Å². The van der Waals surface area contributed by atoms with E-state index in [9.17, 15) is 9.59 Å². The SMILES string of the molecule is CCOC(=O)/C=C\C(=O)O.OCCOCCO. The summed E-state index contributed by atoms with van der Waals surface area (Å²) in [7, 11) is 0. The maximum atomic E-state index is 10.4. The number of carboxylic acid groups (broad SMARTS) is 1. The average Bonchev–Trinajstić information content (AvgIpc) is 2.28. The Balaban J connectivity index is 0. The summed E-state index contributed by atoms with van der Waals surface area (Å²) >= 11 is 0. The molecule has 0 aromatic carbocycles. The topological polar surface area (TPSA) is 113 Å². The Hall–Kier alpha value is -1.44. The monoisotopic (exact) mass is 250 g/mol. The van der Waals surface area contributed by atoms with Crippen molar-refractivity contribution in [2.75, 3.05) is 33.0 Å². The highest BCUT2D eigenvalue weighted by Gasteiger charge is 1.94. The third-order valence-electron chi connectivity index (χ3n) is 1.12. The molecule has 17 heavy (non-hydrogen) atoms. The van der Waals surface area contributed by atoms with Crippen molar-refractivity contribution >= 4 is 11.9 Å². The standard InChI is InChI=1S/C6H8O4.C4H10O3/c1-2-10-6(9)4-3-5(7)8;5-1-3-7-4-2-6/h3-4H,2H2,1H3,(H,7,8);5-6H,1-4H2/b4-3-;. The van der Waals surface area contributed by atoms with Gasteiger partial charge in [0.05, 0.1) is 33.0 Å². The zero-order valence-electron chi connectivity index (χ0n) is 9.66. The van der Waals surface area contributed by atoms with Crippen molar-refractivity contribution in [2.24, 2.45) is 0 Å². The van der Waals surface area contributed by atoms with Gasteiger partial charge in [-0.15, -0.1) is 0 Å². The second-order valence-electron chi connectivity index (χ2n) is 2.48. The van der Waals surface area contributed by atoms with Crippen LogP contribution in [0.1, 0.15) is 6.92 Å². The molecular weight excluding hydrogens is 232 g/mol. The Morgan fingerprint density at radius 2 is 1.65 bits per heavy atom. The predicted octanol–water partition coefficient (Wildman–Crippen LogP) is -0.822. The van der Waals surface area contributed by atoms with Crippen molar-refractivity contribution in [1.82, 2.24) is 0 Å². The Morgan fingerprint density at radius 1 is 1.12 bits per heavy atom. The lowest BCUT2D eigenvalue weighted by molar-refractivity contribution is -0.138. The zero-order valence-corrected chi connectivity index (χ0v) is 9.66. The van der Waals surface area contributed by atoms with Gasteiger partial charge in [-0.1, -0.05) is 0 Å². The van der Waals surface area contributed by atoms with E-state index < -0.39 is 11.9 Å². The van der Waals surface area contributed by atoms with Gasteiger partial charge in [0.15, 0.2) is 0 Å². The van der Waals surface area contributed by atoms with E-state index in [0.717, 1.165) is 12.2 Å². The van der Waals surface area contributed by atoms with Crippen LogP contribution in [-0.2, 0) is 19.1 Å². The first-order valence-electron chi connectivity index (χ1n) is 4.95. The van der Waals surface area contributed by atoms with E-state index in [0.29, 0.717) is 13.2 Å². The molecule has 0 rings (SSSR count). The van der Waals surface area contributed by atoms with Gasteiger partial charge in [-0.2, -0.15) is 0 Å². The van der Waals surface area contributed by atoms with E-state index in [1.54, 1.807) is 6.92 Å². The Labute approximate surface area is 99.3 Å². The maximum Gasteiger partial charge on any atom is 0.330 e. The van der Waals surface area contributed by atoms with E-state index in [1.807, 2.05) is 0 Å². The van der Waals surface area contributed by atoms with Gasteiger partial charge in [-0.3, -0.25) is 0 Å². The van der Waals surface area contributed by atoms with E-state index in [-0.39, 0.29) is 19.8 Å². The highest BCUT2D eigenvalue weighted by molar-refractivity contribution is 5.90. The molecule has 7 heteroatoms. The molecule has 7 nitrogen and oxygen atoms in total. The summed E-state index contributed by atoms with van der Waals surface area (Å²) in [5, 5.41) is 24.2. The second-order valence-corrected chi connectivity index (χ2v) is 2.48. The maximum absolute atomic E-state index is 10.4. The quantitative estimate of drug-likeness (QED) is 0.307. The van der Waals surface area contributed by atoms with Crippen LogP contribution in [0.25, 0.3) is 0 Å². The summed E-state index contributed by atoms with van der Waals surface area (Å²) in [4.78, 5) is 20.2. The van der Waals surface area contributed by atoms with Crippen LogP contribution in [0, 0.1) is 0 Å². The zero-order chi connectivity index (χ0) is 13.5. The number of esters is 1. The summed E-state index contributed by atoms with van der Waals surface area (Å²) in [5.74, 6) is -1.79. The molecule has 0 aliphatic heterocycles. The number of aliphatic hydroxyl groups is 2. The molecule has 100 valence electrons. The van der Waals surface area contributed by atoms with Crippen LogP contribution in [-0.4, -0.2) is 60.3 Å². The molecule has 0 unspecified atom stereocenters. The molecule has 0 saturated carbocycles. The number of carbonyl (C=O) groups is 2. The molecule has 0 bridgehead atoms. The van der Waals surface area contributed by atoms with Gasteiger partial charge < -0.3 is 24.8 Å². The number of carbonyl (C=O) groups excluding carboxylic acids is 1. The third-order valence-corrected chi connectivity index (χ3v) is 1.12. The molecule has 0 aliphatic rings. The van der Waals surface area contributed by atoms with Gasteiger partial charge in [0.2, 0.25) is 0 Å². The highest BCUT2D eigenvalue weighted by Crippen LogP contribution is 1.80. The fourth-order valence-electron chi connectivity index (χ4n) is 0.561. The van der Waals surface area contributed by atoms with Gasteiger partial charge in [-0.05, 0) is 6.92 Å². The van der Waals surface area contributed by atoms with E-state index in [2.05, 4.69) is 9.47 Å². The molecule has 0 atom stereocenters. The highest BCUT2D eigenvalue weighted by atomic mass is 16.5. The second kappa shape index (κ2) is 14.6. The minimum absolute atomic E-state index is 0.0278. The molecule has 0 aromatic heterocycles. The van der Waals surface area contributed by atoms with Crippen LogP contribution in [0.15, 0.2) is 12.2 Å². The molecule has 0 fully saturated rings. The van der Waals surface area contributed by atoms with E-state index >= 15 is 0 Å². The van der Waals surface area contributed by atoms with E-state index in [1.165, 1.54) is 0 Å². The van der Waals surface area contributed by atoms with Gasteiger partial charge in [0.1, 0.15) is 0 Å². The molecule has 0 radical (unpaired) electrons. The first-order valence-corrected chi connectivity index (χ1v) is 4.95. The predicted molar refractivity (Wildman–Crippen MR) is 58.4 cm³/mol. The largest absolute Gasteiger partial charge is 0.478 e. The summed E-state index contributed by atoms with van der Waals surface area (Å²) in [6, 6.07) is 0. The van der Waals surface area contributed by atoms with Crippen LogP contribution in [0.3, 0.4) is 0 Å². The molecule has 0 aromatic rings. The first-order chi connectivity index (χ1) is 8.08. The minimum atomic E-state index is -1.16. The summed E-state index contributed by atoms with van der Waals surface area (Å²) in [6.07, 6.45) is 1.60. The number of ether oxygens (including phenoxy) is 2.